The third kappa shape index (κ3) is 4.59. The molecule has 0 atom stereocenters. The molecule has 0 saturated heterocycles. The van der Waals surface area contributed by atoms with E-state index in [1.54, 1.807) is 11.9 Å². The summed E-state index contributed by atoms with van der Waals surface area (Å²) in [5.41, 5.74) is 1.08. The number of hydrogen-bond acceptors (Lipinski definition) is 2. The van der Waals surface area contributed by atoms with Gasteiger partial charge in [-0.1, -0.05) is 40.0 Å². The predicted octanol–water partition coefficient (Wildman–Crippen LogP) is 1.63. The van der Waals surface area contributed by atoms with Crippen molar-refractivity contribution in [1.29, 1.82) is 0 Å². The summed E-state index contributed by atoms with van der Waals surface area (Å²) < 4.78 is 1.01. The Kier molecular flexibility index (Phi) is 5.75. The first-order chi connectivity index (χ1) is 8.15. The van der Waals surface area contributed by atoms with Gasteiger partial charge in [0.15, 0.2) is 0 Å². The number of benzene rings is 1. The van der Waals surface area contributed by atoms with E-state index in [9.17, 15) is 4.79 Å². The van der Waals surface area contributed by atoms with Gasteiger partial charge in [0.25, 0.3) is 0 Å². The lowest BCUT2D eigenvalue weighted by Gasteiger charge is -2.18. The van der Waals surface area contributed by atoms with Crippen LogP contribution in [0.1, 0.15) is 5.56 Å². The normalized spacial score (nSPS) is 9.71. The highest BCUT2D eigenvalue weighted by molar-refractivity contribution is 9.10. The summed E-state index contributed by atoms with van der Waals surface area (Å²) in [6.07, 6.45) is 5.09. The van der Waals surface area contributed by atoms with E-state index in [0.29, 0.717) is 13.1 Å². The third-order valence-corrected chi connectivity index (χ3v) is 3.07. The van der Waals surface area contributed by atoms with E-state index in [1.165, 1.54) is 0 Å². The Bertz CT molecular complexity index is 426. The third-order valence-electron chi connectivity index (χ3n) is 2.29. The first-order valence-corrected chi connectivity index (χ1v) is 6.06. The molecule has 17 heavy (non-hydrogen) atoms. The number of hydrogen-bond donors (Lipinski definition) is 1. The molecule has 3 nitrogen and oxygen atoms in total. The van der Waals surface area contributed by atoms with Gasteiger partial charge in [-0.25, -0.2) is 0 Å². The van der Waals surface area contributed by atoms with Gasteiger partial charge in [-0.2, -0.15) is 0 Å². The summed E-state index contributed by atoms with van der Waals surface area (Å²) >= 11 is 3.46. The van der Waals surface area contributed by atoms with Crippen LogP contribution in [0.3, 0.4) is 0 Å². The molecule has 0 unspecified atom stereocenters. The van der Waals surface area contributed by atoms with Crippen LogP contribution in [0.2, 0.25) is 0 Å². The van der Waals surface area contributed by atoms with Crippen LogP contribution in [0, 0.1) is 12.3 Å². The van der Waals surface area contributed by atoms with Gasteiger partial charge < -0.3 is 4.90 Å². The molecule has 0 aromatic heterocycles. The van der Waals surface area contributed by atoms with Gasteiger partial charge in [-0.15, -0.1) is 6.42 Å². The number of rotatable bonds is 5. The van der Waals surface area contributed by atoms with Crippen LogP contribution in [-0.4, -0.2) is 30.9 Å². The Hall–Kier alpha value is -1.31. The summed E-state index contributed by atoms with van der Waals surface area (Å²) in [4.78, 5) is 13.4. The number of nitrogens with zero attached hydrogens (tertiary/aromatic N) is 1. The number of likely N-dealkylation sites (N-methyl/N-ethyl adjacent to an activating group) is 1. The first kappa shape index (κ1) is 13.8. The summed E-state index contributed by atoms with van der Waals surface area (Å²) in [5.74, 6) is 2.46. The van der Waals surface area contributed by atoms with Crippen molar-refractivity contribution in [1.82, 2.24) is 10.2 Å². The quantitative estimate of drug-likeness (QED) is 0.661. The SMILES string of the molecule is C#CCNCC(=O)N(C)Cc1ccccc1Br. The van der Waals surface area contributed by atoms with E-state index in [2.05, 4.69) is 27.2 Å². The summed E-state index contributed by atoms with van der Waals surface area (Å²) in [5, 5.41) is 2.88. The summed E-state index contributed by atoms with van der Waals surface area (Å²) in [6.45, 7) is 1.26. The van der Waals surface area contributed by atoms with Gasteiger partial charge in [0.05, 0.1) is 13.1 Å². The fourth-order valence-electron chi connectivity index (χ4n) is 1.35. The van der Waals surface area contributed by atoms with E-state index in [1.807, 2.05) is 24.3 Å². The molecule has 4 heteroatoms. The molecule has 0 spiro atoms. The molecule has 0 aliphatic rings. The average molecular weight is 295 g/mol. The van der Waals surface area contributed by atoms with Crippen molar-refractivity contribution in [3.8, 4) is 12.3 Å². The number of nitrogens with one attached hydrogen (secondary N) is 1. The molecular formula is C13H15BrN2O. The molecule has 0 aliphatic heterocycles. The predicted molar refractivity (Wildman–Crippen MR) is 72.3 cm³/mol. The van der Waals surface area contributed by atoms with Crippen LogP contribution in [0.5, 0.6) is 0 Å². The molecule has 90 valence electrons. The molecule has 0 heterocycles. The Morgan fingerprint density at radius 1 is 1.53 bits per heavy atom. The lowest BCUT2D eigenvalue weighted by Crippen LogP contribution is -2.35. The highest BCUT2D eigenvalue weighted by Gasteiger charge is 2.09. The zero-order valence-electron chi connectivity index (χ0n) is 9.74. The maximum absolute atomic E-state index is 11.7. The maximum atomic E-state index is 11.7. The monoisotopic (exact) mass is 294 g/mol. The molecule has 0 saturated carbocycles. The van der Waals surface area contributed by atoms with Gasteiger partial charge in [-0.05, 0) is 11.6 Å². The molecule has 0 aliphatic carbocycles. The fraction of sp³-hybridized carbons (Fsp3) is 0.308. The van der Waals surface area contributed by atoms with Crippen molar-refractivity contribution < 1.29 is 4.79 Å². The van der Waals surface area contributed by atoms with Crippen LogP contribution in [0.15, 0.2) is 28.7 Å². The lowest BCUT2D eigenvalue weighted by molar-refractivity contribution is -0.129. The van der Waals surface area contributed by atoms with E-state index >= 15 is 0 Å². The number of amides is 1. The summed E-state index contributed by atoms with van der Waals surface area (Å²) in [7, 11) is 1.78. The Labute approximate surface area is 110 Å². The fourth-order valence-corrected chi connectivity index (χ4v) is 1.76. The Morgan fingerprint density at radius 3 is 2.88 bits per heavy atom. The van der Waals surface area contributed by atoms with Crippen molar-refractivity contribution in [2.75, 3.05) is 20.1 Å². The van der Waals surface area contributed by atoms with Crippen molar-refractivity contribution >= 4 is 21.8 Å². The lowest BCUT2D eigenvalue weighted by atomic mass is 10.2. The molecule has 1 amide bonds. The van der Waals surface area contributed by atoms with Gasteiger partial charge in [0, 0.05) is 18.1 Å². The second-order valence-electron chi connectivity index (χ2n) is 3.65. The molecular weight excluding hydrogens is 280 g/mol. The van der Waals surface area contributed by atoms with Crippen LogP contribution in [-0.2, 0) is 11.3 Å². The average Bonchev–Trinajstić information content (AvgIpc) is 2.32. The molecule has 1 aromatic rings. The number of carbonyl (C=O) groups excluding carboxylic acids is 1. The zero-order chi connectivity index (χ0) is 12.7. The topological polar surface area (TPSA) is 32.3 Å². The van der Waals surface area contributed by atoms with E-state index in [4.69, 9.17) is 6.42 Å². The van der Waals surface area contributed by atoms with Gasteiger partial charge in [0.2, 0.25) is 5.91 Å². The molecule has 1 rings (SSSR count). The van der Waals surface area contributed by atoms with Crippen molar-refractivity contribution in [2.45, 2.75) is 6.54 Å². The second kappa shape index (κ2) is 7.10. The molecule has 1 aromatic carbocycles. The highest BCUT2D eigenvalue weighted by Crippen LogP contribution is 2.17. The van der Waals surface area contributed by atoms with Crippen LogP contribution >= 0.6 is 15.9 Å². The van der Waals surface area contributed by atoms with E-state index < -0.39 is 0 Å². The molecule has 0 bridgehead atoms. The van der Waals surface area contributed by atoms with Crippen LogP contribution in [0.4, 0.5) is 0 Å². The van der Waals surface area contributed by atoms with Gasteiger partial charge >= 0.3 is 0 Å². The van der Waals surface area contributed by atoms with Crippen molar-refractivity contribution in [3.63, 3.8) is 0 Å². The van der Waals surface area contributed by atoms with Crippen molar-refractivity contribution in [2.24, 2.45) is 0 Å². The largest absolute Gasteiger partial charge is 0.340 e. The van der Waals surface area contributed by atoms with E-state index in [0.717, 1.165) is 10.0 Å². The Morgan fingerprint density at radius 2 is 2.24 bits per heavy atom. The number of halogens is 1. The van der Waals surface area contributed by atoms with Gasteiger partial charge in [0.1, 0.15) is 0 Å². The first-order valence-electron chi connectivity index (χ1n) is 5.26. The molecule has 1 N–H and O–H groups in total. The second-order valence-corrected chi connectivity index (χ2v) is 4.50. The molecule has 0 fully saturated rings. The highest BCUT2D eigenvalue weighted by atomic mass is 79.9. The Balaban J connectivity index is 2.49. The summed E-state index contributed by atoms with van der Waals surface area (Å²) in [6, 6.07) is 7.85. The minimum Gasteiger partial charge on any atom is -0.340 e. The standard InChI is InChI=1S/C13H15BrN2O/c1-3-8-15-9-13(17)16(2)10-11-6-4-5-7-12(11)14/h1,4-7,15H,8-10H2,2H3. The minimum absolute atomic E-state index is 0.0241. The van der Waals surface area contributed by atoms with Crippen molar-refractivity contribution in [3.05, 3.63) is 34.3 Å². The zero-order valence-corrected chi connectivity index (χ0v) is 11.3. The van der Waals surface area contributed by atoms with Crippen LogP contribution in [0.25, 0.3) is 0 Å². The van der Waals surface area contributed by atoms with Gasteiger partial charge in [-0.3, -0.25) is 10.1 Å². The smallest absolute Gasteiger partial charge is 0.236 e. The molecule has 0 radical (unpaired) electrons. The minimum atomic E-state index is 0.0241. The maximum Gasteiger partial charge on any atom is 0.236 e. The van der Waals surface area contributed by atoms with E-state index in [-0.39, 0.29) is 12.5 Å². The number of terminal acetylenes is 1. The van der Waals surface area contributed by atoms with Crippen LogP contribution < -0.4 is 5.32 Å². The number of carbonyl (C=O) groups is 1.